The van der Waals surface area contributed by atoms with Gasteiger partial charge in [0.15, 0.2) is 11.7 Å². The van der Waals surface area contributed by atoms with Crippen molar-refractivity contribution in [1.82, 2.24) is 4.90 Å². The Bertz CT molecular complexity index is 288. The molecule has 90 valence electrons. The van der Waals surface area contributed by atoms with Gasteiger partial charge in [-0.25, -0.2) is 9.59 Å². The molecule has 0 bridgehead atoms. The van der Waals surface area contributed by atoms with Gasteiger partial charge in [0.1, 0.15) is 0 Å². The Morgan fingerprint density at radius 3 is 2.56 bits per heavy atom. The molecule has 1 aliphatic rings. The van der Waals surface area contributed by atoms with E-state index in [-0.39, 0.29) is 11.7 Å². The van der Waals surface area contributed by atoms with E-state index >= 15 is 0 Å². The highest BCUT2D eigenvalue weighted by molar-refractivity contribution is 5.71. The lowest BCUT2D eigenvalue weighted by molar-refractivity contribution is 0.0343. The van der Waals surface area contributed by atoms with Crippen LogP contribution in [0.15, 0.2) is 5.76 Å². The quantitative estimate of drug-likeness (QED) is 0.537. The summed E-state index contributed by atoms with van der Waals surface area (Å²) in [6.07, 6.45) is -0.0538. The van der Waals surface area contributed by atoms with Crippen molar-refractivity contribution >= 4 is 12.0 Å². The number of amides is 1. The number of hydrogen-bond acceptors (Lipinski definition) is 4. The van der Waals surface area contributed by atoms with Crippen LogP contribution in [0.1, 0.15) is 20.3 Å². The van der Waals surface area contributed by atoms with E-state index in [1.165, 1.54) is 4.90 Å². The highest BCUT2D eigenvalue weighted by atomic mass is 16.6. The number of ether oxygens (including phenoxy) is 2. The molecule has 0 N–H and O–H groups in total. The van der Waals surface area contributed by atoms with Crippen molar-refractivity contribution in [2.75, 3.05) is 26.3 Å². The summed E-state index contributed by atoms with van der Waals surface area (Å²) >= 11 is 0. The Morgan fingerprint density at radius 1 is 1.44 bits per heavy atom. The largest absolute Gasteiger partial charge is 0.415 e. The smallest absolute Gasteiger partial charge is 0.403 e. The number of hydrogen-bond donors (Lipinski definition) is 0. The number of rotatable bonds is 3. The third-order valence-corrected chi connectivity index (χ3v) is 2.19. The van der Waals surface area contributed by atoms with Crippen molar-refractivity contribution in [1.29, 1.82) is 0 Å². The van der Waals surface area contributed by atoms with Gasteiger partial charge < -0.3 is 14.4 Å². The molecule has 0 aromatic heterocycles. The lowest BCUT2D eigenvalue weighted by Crippen LogP contribution is -2.41. The van der Waals surface area contributed by atoms with Gasteiger partial charge in [-0.15, -0.1) is 0 Å². The molecule has 0 spiro atoms. The minimum Gasteiger partial charge on any atom is -0.403 e. The number of morpholine rings is 1. The first-order valence-electron chi connectivity index (χ1n) is 5.42. The van der Waals surface area contributed by atoms with E-state index in [0.717, 1.165) is 0 Å². The lowest BCUT2D eigenvalue weighted by Gasteiger charge is -2.25. The summed E-state index contributed by atoms with van der Waals surface area (Å²) in [7, 11) is 0. The molecule has 0 aromatic rings. The van der Waals surface area contributed by atoms with Crippen LogP contribution in [0.3, 0.4) is 0 Å². The zero-order chi connectivity index (χ0) is 12.0. The van der Waals surface area contributed by atoms with Gasteiger partial charge in [0.05, 0.1) is 13.2 Å². The van der Waals surface area contributed by atoms with Crippen molar-refractivity contribution in [2.24, 2.45) is 5.92 Å². The second kappa shape index (κ2) is 6.30. The van der Waals surface area contributed by atoms with Gasteiger partial charge in [-0.1, -0.05) is 13.8 Å². The van der Waals surface area contributed by atoms with Crippen LogP contribution in [0.4, 0.5) is 4.79 Å². The summed E-state index contributed by atoms with van der Waals surface area (Å²) in [4.78, 5) is 23.7. The van der Waals surface area contributed by atoms with Gasteiger partial charge in [0.25, 0.3) is 0 Å². The maximum absolute atomic E-state index is 11.6. The topological polar surface area (TPSA) is 55.8 Å². The average Bonchev–Trinajstić information content (AvgIpc) is 2.28. The summed E-state index contributed by atoms with van der Waals surface area (Å²) in [5, 5.41) is 0. The summed E-state index contributed by atoms with van der Waals surface area (Å²) in [6.45, 7) is 5.93. The standard InChI is InChI=1S/C11H17NO4/c1-9(2)7-10(8-13)16-11(14)12-3-5-15-6-4-12/h9H,3-7H2,1-2H3. The molecular formula is C11H17NO4. The lowest BCUT2D eigenvalue weighted by atomic mass is 10.1. The number of allylic oxidation sites excluding steroid dienone is 1. The summed E-state index contributed by atoms with van der Waals surface area (Å²) in [5.41, 5.74) is 0. The van der Waals surface area contributed by atoms with Crippen molar-refractivity contribution in [3.05, 3.63) is 5.76 Å². The molecular weight excluding hydrogens is 210 g/mol. The van der Waals surface area contributed by atoms with Crippen LogP contribution in [0, 0.1) is 5.92 Å². The normalized spacial score (nSPS) is 15.8. The Hall–Kier alpha value is -1.32. The van der Waals surface area contributed by atoms with E-state index in [0.29, 0.717) is 32.7 Å². The van der Waals surface area contributed by atoms with E-state index in [4.69, 9.17) is 9.47 Å². The minimum absolute atomic E-state index is 0.0755. The molecule has 0 aromatic carbocycles. The highest BCUT2D eigenvalue weighted by Crippen LogP contribution is 2.11. The van der Waals surface area contributed by atoms with Crippen molar-refractivity contribution in [3.63, 3.8) is 0 Å². The van der Waals surface area contributed by atoms with Crippen molar-refractivity contribution < 1.29 is 19.1 Å². The second-order valence-corrected chi connectivity index (χ2v) is 4.09. The van der Waals surface area contributed by atoms with E-state index in [1.807, 2.05) is 13.8 Å². The van der Waals surface area contributed by atoms with Gasteiger partial charge >= 0.3 is 6.09 Å². The van der Waals surface area contributed by atoms with Crippen LogP contribution in [-0.4, -0.2) is 43.2 Å². The molecule has 0 atom stereocenters. The van der Waals surface area contributed by atoms with Gasteiger partial charge in [-0.3, -0.25) is 0 Å². The van der Waals surface area contributed by atoms with E-state index in [1.54, 1.807) is 5.94 Å². The Balaban J connectivity index is 2.45. The molecule has 1 saturated heterocycles. The van der Waals surface area contributed by atoms with Gasteiger partial charge in [-0.05, 0) is 5.92 Å². The Morgan fingerprint density at radius 2 is 2.06 bits per heavy atom. The van der Waals surface area contributed by atoms with Gasteiger partial charge in [-0.2, -0.15) is 0 Å². The molecule has 1 aliphatic heterocycles. The molecule has 0 aliphatic carbocycles. The molecule has 1 amide bonds. The average molecular weight is 227 g/mol. The fourth-order valence-electron chi connectivity index (χ4n) is 1.39. The van der Waals surface area contributed by atoms with Gasteiger partial charge in [0.2, 0.25) is 0 Å². The summed E-state index contributed by atoms with van der Waals surface area (Å²) in [5.74, 6) is 2.00. The zero-order valence-corrected chi connectivity index (χ0v) is 9.69. The fraction of sp³-hybridized carbons (Fsp3) is 0.727. The first-order valence-corrected chi connectivity index (χ1v) is 5.42. The summed E-state index contributed by atoms with van der Waals surface area (Å²) < 4.78 is 10.1. The number of nitrogens with zero attached hydrogens (tertiary/aromatic N) is 1. The van der Waals surface area contributed by atoms with Crippen molar-refractivity contribution in [3.8, 4) is 0 Å². The molecule has 0 radical (unpaired) electrons. The highest BCUT2D eigenvalue weighted by Gasteiger charge is 2.20. The molecule has 0 saturated carbocycles. The van der Waals surface area contributed by atoms with Crippen LogP contribution >= 0.6 is 0 Å². The second-order valence-electron chi connectivity index (χ2n) is 4.09. The number of carbonyl (C=O) groups is 1. The van der Waals surface area contributed by atoms with Crippen LogP contribution < -0.4 is 0 Å². The predicted octanol–water partition coefficient (Wildman–Crippen LogP) is 1.22. The number of carbonyl (C=O) groups excluding carboxylic acids is 2. The minimum atomic E-state index is -0.484. The molecule has 5 nitrogen and oxygen atoms in total. The molecule has 16 heavy (non-hydrogen) atoms. The van der Waals surface area contributed by atoms with Crippen LogP contribution in [-0.2, 0) is 14.3 Å². The molecule has 1 heterocycles. The molecule has 1 fully saturated rings. The third kappa shape index (κ3) is 4.04. The Labute approximate surface area is 95.0 Å². The van der Waals surface area contributed by atoms with Crippen LogP contribution in [0.5, 0.6) is 0 Å². The maximum atomic E-state index is 11.6. The third-order valence-electron chi connectivity index (χ3n) is 2.19. The molecule has 0 unspecified atom stereocenters. The van der Waals surface area contributed by atoms with Crippen molar-refractivity contribution in [2.45, 2.75) is 20.3 Å². The fourth-order valence-corrected chi connectivity index (χ4v) is 1.39. The first-order chi connectivity index (χ1) is 7.63. The van der Waals surface area contributed by atoms with E-state index < -0.39 is 6.09 Å². The molecule has 5 heteroatoms. The maximum Gasteiger partial charge on any atom is 0.415 e. The predicted molar refractivity (Wildman–Crippen MR) is 57.5 cm³/mol. The van der Waals surface area contributed by atoms with Crippen LogP contribution in [0.2, 0.25) is 0 Å². The van der Waals surface area contributed by atoms with Gasteiger partial charge in [0, 0.05) is 19.5 Å². The monoisotopic (exact) mass is 227 g/mol. The first kappa shape index (κ1) is 12.7. The van der Waals surface area contributed by atoms with E-state index in [9.17, 15) is 9.59 Å². The van der Waals surface area contributed by atoms with E-state index in [2.05, 4.69) is 0 Å². The summed E-state index contributed by atoms with van der Waals surface area (Å²) in [6, 6.07) is 0. The SMILES string of the molecule is CC(C)CC(=C=O)OC(=O)N1CCOCC1. The Kier molecular flexibility index (Phi) is 5.02. The van der Waals surface area contributed by atoms with Crippen LogP contribution in [0.25, 0.3) is 0 Å². The molecule has 1 rings (SSSR count). The zero-order valence-electron chi connectivity index (χ0n) is 9.69.